The van der Waals surface area contributed by atoms with Crippen molar-refractivity contribution in [2.75, 3.05) is 19.8 Å². The van der Waals surface area contributed by atoms with Crippen molar-refractivity contribution in [1.29, 1.82) is 0 Å². The van der Waals surface area contributed by atoms with Gasteiger partial charge in [0.2, 0.25) is 5.91 Å². The van der Waals surface area contributed by atoms with Gasteiger partial charge in [-0.15, -0.1) is 0 Å². The summed E-state index contributed by atoms with van der Waals surface area (Å²) in [5.41, 5.74) is 0. The zero-order chi connectivity index (χ0) is 48.2. The molecule has 1 amide bonds. The maximum absolute atomic E-state index is 12.9. The van der Waals surface area contributed by atoms with Crippen LogP contribution in [0, 0.1) is 0 Å². The highest BCUT2D eigenvalue weighted by Gasteiger charge is 2.51. The smallest absolute Gasteiger partial charge is 0.220 e. The number of nitrogens with one attached hydrogen (secondary N) is 1. The first-order valence-corrected chi connectivity index (χ1v) is 26.9. The van der Waals surface area contributed by atoms with E-state index in [1.165, 1.54) is 154 Å². The van der Waals surface area contributed by atoms with Gasteiger partial charge in [0.15, 0.2) is 12.6 Å². The van der Waals surface area contributed by atoms with Crippen molar-refractivity contribution in [2.45, 2.75) is 293 Å². The fourth-order valence-electron chi connectivity index (χ4n) is 9.06. The van der Waals surface area contributed by atoms with Crippen LogP contribution < -0.4 is 5.32 Å². The van der Waals surface area contributed by atoms with Gasteiger partial charge in [-0.25, -0.2) is 0 Å². The van der Waals surface area contributed by atoms with Gasteiger partial charge in [-0.05, 0) is 19.3 Å². The lowest BCUT2D eigenvalue weighted by atomic mass is 9.97. The summed E-state index contributed by atoms with van der Waals surface area (Å²) < 4.78 is 22.6. The number of amides is 1. The predicted molar refractivity (Wildman–Crippen MR) is 259 cm³/mol. The fraction of sp³-hybridized carbons (Fsp3) is 0.942. The van der Waals surface area contributed by atoms with Crippen molar-refractivity contribution in [2.24, 2.45) is 0 Å². The molecule has 2 fully saturated rings. The van der Waals surface area contributed by atoms with Crippen molar-refractivity contribution in [3.05, 3.63) is 12.2 Å². The molecule has 0 aromatic carbocycles. The molecule has 0 aromatic rings. The quantitative estimate of drug-likeness (QED) is 0.0213. The largest absolute Gasteiger partial charge is 0.394 e. The van der Waals surface area contributed by atoms with Crippen LogP contribution in [0.2, 0.25) is 0 Å². The van der Waals surface area contributed by atoms with E-state index >= 15 is 0 Å². The van der Waals surface area contributed by atoms with E-state index < -0.39 is 86.8 Å². The van der Waals surface area contributed by atoms with Crippen LogP contribution in [0.15, 0.2) is 12.2 Å². The van der Waals surface area contributed by atoms with Crippen molar-refractivity contribution >= 4 is 5.91 Å². The number of hydrogen-bond donors (Lipinski definition) is 9. The summed E-state index contributed by atoms with van der Waals surface area (Å²) in [4.78, 5) is 12.9. The molecular formula is C52H99NO13. The molecule has 14 heteroatoms. The highest BCUT2D eigenvalue weighted by molar-refractivity contribution is 5.76. The minimum Gasteiger partial charge on any atom is -0.394 e. The molecule has 12 atom stereocenters. The summed E-state index contributed by atoms with van der Waals surface area (Å²) in [6, 6.07) is -0.905. The van der Waals surface area contributed by atoms with Crippen LogP contribution in [0.3, 0.4) is 0 Å². The molecule has 0 radical (unpaired) electrons. The van der Waals surface area contributed by atoms with E-state index in [2.05, 4.69) is 19.2 Å². The third-order valence-electron chi connectivity index (χ3n) is 13.5. The van der Waals surface area contributed by atoms with Crippen LogP contribution >= 0.6 is 0 Å². The lowest BCUT2D eigenvalue weighted by molar-refractivity contribution is -0.359. The summed E-state index contributed by atoms with van der Waals surface area (Å²) >= 11 is 0. The van der Waals surface area contributed by atoms with Gasteiger partial charge < -0.3 is 65.1 Å². The summed E-state index contributed by atoms with van der Waals surface area (Å²) in [6.45, 7) is 2.66. The molecular weight excluding hydrogens is 847 g/mol. The second kappa shape index (κ2) is 39.5. The van der Waals surface area contributed by atoms with Gasteiger partial charge in [-0.1, -0.05) is 206 Å². The zero-order valence-corrected chi connectivity index (χ0v) is 41.5. The third kappa shape index (κ3) is 26.1. The van der Waals surface area contributed by atoms with Crippen molar-refractivity contribution in [3.63, 3.8) is 0 Å². The number of carbonyl (C=O) groups is 1. The molecule has 2 aliphatic heterocycles. The molecule has 0 aromatic heterocycles. The summed E-state index contributed by atoms with van der Waals surface area (Å²) in [5.74, 6) is -0.256. The number of ether oxygens (including phenoxy) is 4. The second-order valence-corrected chi connectivity index (χ2v) is 19.4. The molecule has 14 nitrogen and oxygen atoms in total. The van der Waals surface area contributed by atoms with E-state index in [0.29, 0.717) is 6.42 Å². The van der Waals surface area contributed by atoms with E-state index in [1.807, 2.05) is 6.08 Å². The molecule has 9 N–H and O–H groups in total. The third-order valence-corrected chi connectivity index (χ3v) is 13.5. The van der Waals surface area contributed by atoms with Gasteiger partial charge >= 0.3 is 0 Å². The van der Waals surface area contributed by atoms with Gasteiger partial charge in [0.05, 0.1) is 32.0 Å². The average Bonchev–Trinajstić information content (AvgIpc) is 3.31. The monoisotopic (exact) mass is 946 g/mol. The maximum Gasteiger partial charge on any atom is 0.220 e. The van der Waals surface area contributed by atoms with E-state index in [9.17, 15) is 45.6 Å². The molecule has 390 valence electrons. The first-order chi connectivity index (χ1) is 32.1. The molecule has 0 bridgehead atoms. The van der Waals surface area contributed by atoms with Gasteiger partial charge in [0.1, 0.15) is 48.8 Å². The molecule has 2 saturated heterocycles. The Hall–Kier alpha value is -1.27. The molecule has 0 aliphatic carbocycles. The highest BCUT2D eigenvalue weighted by Crippen LogP contribution is 2.30. The second-order valence-electron chi connectivity index (χ2n) is 19.4. The standard InChI is InChI=1S/C52H99NO13/c1-3-5-7-9-10-11-12-13-14-15-16-17-18-19-20-21-22-23-24-25-26-27-28-29-30-31-32-33-35-41(56)40(53-44(57)36-34-8-6-4-2)39-63-51-49(62)47(60)50(43(38-55)65-51)66-52-48(61)46(59)45(58)42(37-54)64-52/h33,35,40-43,45-52,54-56,58-62H,3-32,34,36-39H2,1-2H3,(H,53,57)/b35-33+. The Morgan fingerprint density at radius 1 is 0.530 bits per heavy atom. The molecule has 2 aliphatic rings. The Morgan fingerprint density at radius 3 is 1.39 bits per heavy atom. The Bertz CT molecular complexity index is 1160. The highest BCUT2D eigenvalue weighted by atomic mass is 16.7. The predicted octanol–water partition coefficient (Wildman–Crippen LogP) is 7.55. The number of hydrogen-bond acceptors (Lipinski definition) is 13. The Morgan fingerprint density at radius 2 is 0.939 bits per heavy atom. The van der Waals surface area contributed by atoms with Crippen LogP contribution in [-0.2, 0) is 23.7 Å². The van der Waals surface area contributed by atoms with Crippen LogP contribution in [-0.4, -0.2) is 140 Å². The van der Waals surface area contributed by atoms with Crippen molar-refractivity contribution in [3.8, 4) is 0 Å². The molecule has 12 unspecified atom stereocenters. The average molecular weight is 946 g/mol. The number of rotatable bonds is 42. The lowest BCUT2D eigenvalue weighted by Gasteiger charge is -2.46. The number of aliphatic hydroxyl groups excluding tert-OH is 8. The van der Waals surface area contributed by atoms with Crippen molar-refractivity contribution < 1.29 is 64.6 Å². The van der Waals surface area contributed by atoms with Gasteiger partial charge in [-0.3, -0.25) is 4.79 Å². The molecule has 66 heavy (non-hydrogen) atoms. The minimum absolute atomic E-state index is 0.256. The fourth-order valence-corrected chi connectivity index (χ4v) is 9.06. The first kappa shape index (κ1) is 60.9. The van der Waals surface area contributed by atoms with Crippen LogP contribution in [0.25, 0.3) is 0 Å². The SMILES string of the molecule is CCCCCCCCCCCCCCCCCCCCCCCCCCCC/C=C/C(O)C(COC1OC(CO)C(OC2OC(CO)C(O)C(O)C2O)C(O)C1O)NC(=O)CCCCCC. The summed E-state index contributed by atoms with van der Waals surface area (Å²) in [7, 11) is 0. The topological polar surface area (TPSA) is 228 Å². The van der Waals surface area contributed by atoms with Gasteiger partial charge in [0, 0.05) is 6.42 Å². The van der Waals surface area contributed by atoms with E-state index in [1.54, 1.807) is 6.08 Å². The molecule has 0 spiro atoms. The Labute approximate surface area is 399 Å². The number of aliphatic hydroxyl groups is 8. The van der Waals surface area contributed by atoms with Crippen LogP contribution in [0.4, 0.5) is 0 Å². The Balaban J connectivity index is 1.62. The van der Waals surface area contributed by atoms with E-state index in [4.69, 9.17) is 18.9 Å². The van der Waals surface area contributed by atoms with E-state index in [0.717, 1.165) is 38.5 Å². The molecule has 2 rings (SSSR count). The summed E-state index contributed by atoms with van der Waals surface area (Å²) in [6.07, 6.45) is 26.5. The minimum atomic E-state index is -1.78. The maximum atomic E-state index is 12.9. The first-order valence-electron chi connectivity index (χ1n) is 26.9. The number of carbonyl (C=O) groups excluding carboxylic acids is 1. The van der Waals surface area contributed by atoms with Gasteiger partial charge in [-0.2, -0.15) is 0 Å². The van der Waals surface area contributed by atoms with Crippen LogP contribution in [0.5, 0.6) is 0 Å². The zero-order valence-electron chi connectivity index (χ0n) is 41.5. The van der Waals surface area contributed by atoms with E-state index in [-0.39, 0.29) is 18.9 Å². The Kier molecular flexibility index (Phi) is 36.4. The van der Waals surface area contributed by atoms with Gasteiger partial charge in [0.25, 0.3) is 0 Å². The number of unbranched alkanes of at least 4 members (excludes halogenated alkanes) is 29. The molecule has 0 saturated carbocycles. The van der Waals surface area contributed by atoms with Crippen molar-refractivity contribution in [1.82, 2.24) is 5.32 Å². The van der Waals surface area contributed by atoms with Crippen LogP contribution in [0.1, 0.15) is 219 Å². The number of allylic oxidation sites excluding steroid dienone is 1. The lowest BCUT2D eigenvalue weighted by Crippen LogP contribution is -2.65. The normalized spacial score (nSPS) is 26.8. The molecule has 2 heterocycles. The summed E-state index contributed by atoms with van der Waals surface area (Å²) in [5, 5.41) is 86.3.